The Hall–Kier alpha value is -2.40. The molecule has 7 nitrogen and oxygen atoms in total. The lowest BCUT2D eigenvalue weighted by atomic mass is 9.99. The largest absolute Gasteiger partial charge is 0.416 e. The number of hydrogen-bond acceptors (Lipinski definition) is 4. The van der Waals surface area contributed by atoms with Crippen LogP contribution in [0.4, 0.5) is 22.4 Å². The van der Waals surface area contributed by atoms with Crippen molar-refractivity contribution in [2.75, 3.05) is 39.4 Å². The molecule has 31 heavy (non-hydrogen) atoms. The van der Waals surface area contributed by atoms with E-state index >= 15 is 0 Å². The molecule has 0 saturated carbocycles. The Kier molecular flexibility index (Phi) is 6.07. The van der Waals surface area contributed by atoms with Gasteiger partial charge in [-0.1, -0.05) is 6.07 Å². The molecule has 3 fully saturated rings. The van der Waals surface area contributed by atoms with Crippen molar-refractivity contribution < 1.29 is 36.6 Å². The highest BCUT2D eigenvalue weighted by atomic mass is 19.4. The standard InChI is InChI=1S/C20H23F4N3O4/c21-15-5-14(20(22,23)24)2-1-13(15)10-30-9-12-6-27(7-12)19(29)26-4-3-17-16(8-26)25-18(28)11-31-17/h1-2,5,12,16-17H,3-4,6-11H2,(H,25,28)/t16-,17+/m1/s1. The second-order valence-electron chi connectivity index (χ2n) is 8.13. The second-order valence-corrected chi connectivity index (χ2v) is 8.13. The summed E-state index contributed by atoms with van der Waals surface area (Å²) in [5, 5.41) is 2.86. The number of alkyl halides is 3. The first-order valence-corrected chi connectivity index (χ1v) is 10.1. The van der Waals surface area contributed by atoms with Gasteiger partial charge < -0.3 is 24.6 Å². The summed E-state index contributed by atoms with van der Waals surface area (Å²) in [5.74, 6) is -1.06. The van der Waals surface area contributed by atoms with E-state index in [4.69, 9.17) is 9.47 Å². The summed E-state index contributed by atoms with van der Waals surface area (Å²) in [7, 11) is 0. The molecule has 1 N–H and O–H groups in total. The number of rotatable bonds is 4. The summed E-state index contributed by atoms with van der Waals surface area (Å²) in [6.07, 6.45) is -3.99. The lowest BCUT2D eigenvalue weighted by molar-refractivity contribution is -0.140. The first-order chi connectivity index (χ1) is 14.7. The second kappa shape index (κ2) is 8.62. The molecule has 3 aliphatic rings. The van der Waals surface area contributed by atoms with Crippen LogP contribution in [-0.4, -0.2) is 73.3 Å². The summed E-state index contributed by atoms with van der Waals surface area (Å²) in [4.78, 5) is 27.5. The number of morpholine rings is 1. The Morgan fingerprint density at radius 1 is 1.23 bits per heavy atom. The fraction of sp³-hybridized carbons (Fsp3) is 0.600. The van der Waals surface area contributed by atoms with Gasteiger partial charge in [0.05, 0.1) is 30.9 Å². The van der Waals surface area contributed by atoms with Crippen LogP contribution in [0.5, 0.6) is 0 Å². The van der Waals surface area contributed by atoms with Gasteiger partial charge in [0.1, 0.15) is 12.4 Å². The van der Waals surface area contributed by atoms with E-state index in [0.717, 1.165) is 12.1 Å². The Morgan fingerprint density at radius 2 is 2.00 bits per heavy atom. The molecule has 11 heteroatoms. The molecule has 0 unspecified atom stereocenters. The van der Waals surface area contributed by atoms with Gasteiger partial charge in [0.2, 0.25) is 5.91 Å². The van der Waals surface area contributed by atoms with E-state index in [9.17, 15) is 27.2 Å². The molecule has 3 heterocycles. The number of ether oxygens (including phenoxy) is 2. The van der Waals surface area contributed by atoms with Gasteiger partial charge in [-0.2, -0.15) is 13.2 Å². The van der Waals surface area contributed by atoms with E-state index in [0.29, 0.717) is 38.7 Å². The molecule has 0 bridgehead atoms. The molecule has 170 valence electrons. The van der Waals surface area contributed by atoms with Crippen LogP contribution < -0.4 is 5.32 Å². The molecule has 3 aliphatic heterocycles. The number of piperidine rings is 1. The van der Waals surface area contributed by atoms with Gasteiger partial charge in [-0.25, -0.2) is 9.18 Å². The number of fused-ring (bicyclic) bond motifs is 1. The number of halogens is 4. The van der Waals surface area contributed by atoms with Crippen LogP contribution >= 0.6 is 0 Å². The predicted octanol–water partition coefficient (Wildman–Crippen LogP) is 2.00. The Labute approximate surface area is 176 Å². The van der Waals surface area contributed by atoms with E-state index in [-0.39, 0.29) is 55.4 Å². The molecular formula is C20H23F4N3O4. The van der Waals surface area contributed by atoms with Crippen LogP contribution in [0.2, 0.25) is 0 Å². The topological polar surface area (TPSA) is 71.1 Å². The van der Waals surface area contributed by atoms with Crippen molar-refractivity contribution in [3.63, 3.8) is 0 Å². The molecule has 3 amide bonds. The zero-order chi connectivity index (χ0) is 22.2. The minimum absolute atomic E-state index is 0.0549. The molecule has 0 aliphatic carbocycles. The van der Waals surface area contributed by atoms with Gasteiger partial charge >= 0.3 is 12.2 Å². The number of amides is 3. The number of urea groups is 1. The number of benzene rings is 1. The Morgan fingerprint density at radius 3 is 2.71 bits per heavy atom. The van der Waals surface area contributed by atoms with Crippen molar-refractivity contribution in [2.24, 2.45) is 5.92 Å². The predicted molar refractivity (Wildman–Crippen MR) is 99.4 cm³/mol. The van der Waals surface area contributed by atoms with Gasteiger partial charge in [0.25, 0.3) is 0 Å². The van der Waals surface area contributed by atoms with Crippen molar-refractivity contribution in [3.8, 4) is 0 Å². The molecule has 1 aromatic carbocycles. The SMILES string of the molecule is O=C1CO[C@H]2CCN(C(=O)N3CC(COCc4ccc(C(F)(F)F)cc4F)C3)C[C@H]2N1. The highest BCUT2D eigenvalue weighted by Crippen LogP contribution is 2.30. The number of nitrogens with one attached hydrogen (secondary N) is 1. The molecule has 4 rings (SSSR count). The first kappa shape index (κ1) is 21.8. The minimum atomic E-state index is -4.59. The van der Waals surface area contributed by atoms with Crippen LogP contribution in [-0.2, 0) is 27.1 Å². The maximum Gasteiger partial charge on any atom is 0.416 e. The number of carbonyl (C=O) groups excluding carboxylic acids is 2. The van der Waals surface area contributed by atoms with Crippen molar-refractivity contribution >= 4 is 11.9 Å². The van der Waals surface area contributed by atoms with Crippen molar-refractivity contribution in [1.29, 1.82) is 0 Å². The van der Waals surface area contributed by atoms with E-state index in [1.807, 2.05) is 0 Å². The zero-order valence-electron chi connectivity index (χ0n) is 16.7. The summed E-state index contributed by atoms with van der Waals surface area (Å²) < 4.78 is 62.5. The highest BCUT2D eigenvalue weighted by Gasteiger charge is 2.40. The molecular weight excluding hydrogens is 422 g/mol. The lowest BCUT2D eigenvalue weighted by Gasteiger charge is -2.46. The summed E-state index contributed by atoms with van der Waals surface area (Å²) >= 11 is 0. The third-order valence-corrected chi connectivity index (χ3v) is 5.81. The Bertz CT molecular complexity index is 844. The third-order valence-electron chi connectivity index (χ3n) is 5.81. The maximum absolute atomic E-state index is 13.8. The highest BCUT2D eigenvalue weighted by molar-refractivity contribution is 5.79. The fourth-order valence-corrected chi connectivity index (χ4v) is 4.08. The van der Waals surface area contributed by atoms with E-state index < -0.39 is 17.6 Å². The van der Waals surface area contributed by atoms with E-state index in [1.165, 1.54) is 0 Å². The van der Waals surface area contributed by atoms with Gasteiger partial charge in [-0.3, -0.25) is 4.79 Å². The zero-order valence-corrected chi connectivity index (χ0v) is 16.7. The molecule has 1 aromatic rings. The van der Waals surface area contributed by atoms with Gasteiger partial charge in [-0.15, -0.1) is 0 Å². The number of likely N-dealkylation sites (tertiary alicyclic amines) is 2. The van der Waals surface area contributed by atoms with Crippen LogP contribution in [0.1, 0.15) is 17.5 Å². The monoisotopic (exact) mass is 445 g/mol. The summed E-state index contributed by atoms with van der Waals surface area (Å²) in [5.41, 5.74) is -0.981. The molecule has 0 aromatic heterocycles. The minimum Gasteiger partial charge on any atom is -0.376 e. The van der Waals surface area contributed by atoms with Crippen LogP contribution in [0.25, 0.3) is 0 Å². The molecule has 0 radical (unpaired) electrons. The van der Waals surface area contributed by atoms with Crippen molar-refractivity contribution in [2.45, 2.75) is 31.3 Å². The maximum atomic E-state index is 13.8. The third kappa shape index (κ3) is 4.93. The van der Waals surface area contributed by atoms with Gasteiger partial charge in [-0.05, 0) is 18.6 Å². The summed E-state index contributed by atoms with van der Waals surface area (Å²) in [6.45, 7) is 2.13. The average Bonchev–Trinajstić information content (AvgIpc) is 2.68. The van der Waals surface area contributed by atoms with E-state index in [1.54, 1.807) is 9.80 Å². The average molecular weight is 445 g/mol. The molecule has 2 atom stereocenters. The number of nitrogens with zero attached hydrogens (tertiary/aromatic N) is 2. The quantitative estimate of drug-likeness (QED) is 0.720. The van der Waals surface area contributed by atoms with Crippen molar-refractivity contribution in [1.82, 2.24) is 15.1 Å². The van der Waals surface area contributed by atoms with Crippen LogP contribution in [0.3, 0.4) is 0 Å². The molecule has 3 saturated heterocycles. The fourth-order valence-electron chi connectivity index (χ4n) is 4.08. The first-order valence-electron chi connectivity index (χ1n) is 10.1. The van der Waals surface area contributed by atoms with Crippen molar-refractivity contribution in [3.05, 3.63) is 35.1 Å². The number of carbonyl (C=O) groups is 2. The number of hydrogen-bond donors (Lipinski definition) is 1. The molecule has 0 spiro atoms. The Balaban J connectivity index is 1.19. The lowest BCUT2D eigenvalue weighted by Crippen LogP contribution is -2.64. The van der Waals surface area contributed by atoms with Gasteiger partial charge in [0, 0.05) is 37.7 Å². The summed E-state index contributed by atoms with van der Waals surface area (Å²) in [6, 6.07) is 2.06. The van der Waals surface area contributed by atoms with Crippen LogP contribution in [0, 0.1) is 11.7 Å². The van der Waals surface area contributed by atoms with Gasteiger partial charge in [0.15, 0.2) is 0 Å². The normalized spacial score (nSPS) is 24.5. The van der Waals surface area contributed by atoms with Crippen LogP contribution in [0.15, 0.2) is 18.2 Å². The smallest absolute Gasteiger partial charge is 0.376 e. The van der Waals surface area contributed by atoms with E-state index in [2.05, 4.69) is 5.32 Å².